The van der Waals surface area contributed by atoms with Gasteiger partial charge in [0.25, 0.3) is 0 Å². The fourth-order valence-electron chi connectivity index (χ4n) is 1.68. The van der Waals surface area contributed by atoms with Crippen LogP contribution in [0, 0.1) is 0 Å². The molecule has 1 saturated heterocycles. The van der Waals surface area contributed by atoms with Gasteiger partial charge in [0.2, 0.25) is 15.9 Å². The summed E-state index contributed by atoms with van der Waals surface area (Å²) in [6.45, 7) is 3.26. The third-order valence-corrected chi connectivity index (χ3v) is 3.21. The van der Waals surface area contributed by atoms with E-state index in [0.29, 0.717) is 0 Å². The van der Waals surface area contributed by atoms with Gasteiger partial charge in [0.15, 0.2) is 0 Å². The number of sulfonamides is 1. The third kappa shape index (κ3) is 4.91. The Hall–Kier alpha value is -0.660. The van der Waals surface area contributed by atoms with Crippen molar-refractivity contribution < 1.29 is 13.2 Å². The Bertz CT molecular complexity index is 336. The number of rotatable bonds is 4. The second-order valence-corrected chi connectivity index (χ2v) is 5.94. The molecule has 94 valence electrons. The predicted octanol–water partition coefficient (Wildman–Crippen LogP) is -1.21. The summed E-state index contributed by atoms with van der Waals surface area (Å²) in [6.07, 6.45) is 3.00. The SMILES string of the molecule is CC(NS(C)(=O)=O)C(=O)N[C@H]1CCCNC1. The molecule has 0 spiro atoms. The van der Waals surface area contributed by atoms with Crippen LogP contribution in [0.3, 0.4) is 0 Å². The van der Waals surface area contributed by atoms with E-state index in [1.807, 2.05) is 0 Å². The molecule has 1 heterocycles. The van der Waals surface area contributed by atoms with Crippen LogP contribution in [-0.2, 0) is 14.8 Å². The smallest absolute Gasteiger partial charge is 0.238 e. The molecule has 7 heteroatoms. The Balaban J connectivity index is 2.38. The van der Waals surface area contributed by atoms with E-state index < -0.39 is 16.1 Å². The van der Waals surface area contributed by atoms with E-state index >= 15 is 0 Å². The molecule has 3 N–H and O–H groups in total. The maximum atomic E-state index is 11.6. The average molecular weight is 249 g/mol. The van der Waals surface area contributed by atoms with E-state index in [0.717, 1.165) is 32.2 Å². The molecular weight excluding hydrogens is 230 g/mol. The highest BCUT2D eigenvalue weighted by Gasteiger charge is 2.21. The fourth-order valence-corrected chi connectivity index (χ4v) is 2.43. The minimum Gasteiger partial charge on any atom is -0.351 e. The molecule has 1 aliphatic heterocycles. The lowest BCUT2D eigenvalue weighted by molar-refractivity contribution is -0.123. The molecule has 1 amide bonds. The molecule has 1 rings (SSSR count). The summed E-state index contributed by atoms with van der Waals surface area (Å²) in [5, 5.41) is 5.99. The molecule has 6 nitrogen and oxygen atoms in total. The van der Waals surface area contributed by atoms with Crippen LogP contribution < -0.4 is 15.4 Å². The number of hydrogen-bond donors (Lipinski definition) is 3. The van der Waals surface area contributed by atoms with Crippen LogP contribution in [0.4, 0.5) is 0 Å². The molecular formula is C9H19N3O3S. The number of hydrogen-bond acceptors (Lipinski definition) is 4. The maximum Gasteiger partial charge on any atom is 0.238 e. The standard InChI is InChI=1S/C9H19N3O3S/c1-7(12-16(2,14)15)9(13)11-8-4-3-5-10-6-8/h7-8,10,12H,3-6H2,1-2H3,(H,11,13)/t7?,8-/m0/s1. The van der Waals surface area contributed by atoms with Gasteiger partial charge >= 0.3 is 0 Å². The molecule has 1 fully saturated rings. The average Bonchev–Trinajstić information content (AvgIpc) is 2.16. The summed E-state index contributed by atoms with van der Waals surface area (Å²) in [6, 6.07) is -0.623. The van der Waals surface area contributed by atoms with Crippen molar-refractivity contribution in [2.24, 2.45) is 0 Å². The van der Waals surface area contributed by atoms with Crippen molar-refractivity contribution in [2.45, 2.75) is 31.8 Å². The Morgan fingerprint density at radius 3 is 2.69 bits per heavy atom. The predicted molar refractivity (Wildman–Crippen MR) is 61.5 cm³/mol. The quantitative estimate of drug-likeness (QED) is 0.583. The third-order valence-electron chi connectivity index (χ3n) is 2.43. The van der Waals surface area contributed by atoms with Crippen LogP contribution in [0.1, 0.15) is 19.8 Å². The number of carbonyl (C=O) groups is 1. The van der Waals surface area contributed by atoms with Crippen molar-refractivity contribution in [1.82, 2.24) is 15.4 Å². The first-order chi connectivity index (χ1) is 7.38. The van der Waals surface area contributed by atoms with Crippen molar-refractivity contribution in [3.63, 3.8) is 0 Å². The van der Waals surface area contributed by atoms with Crippen molar-refractivity contribution in [3.05, 3.63) is 0 Å². The zero-order chi connectivity index (χ0) is 12.2. The molecule has 0 aromatic rings. The minimum absolute atomic E-state index is 0.102. The summed E-state index contributed by atoms with van der Waals surface area (Å²) in [7, 11) is -3.34. The summed E-state index contributed by atoms with van der Waals surface area (Å²) >= 11 is 0. The van der Waals surface area contributed by atoms with E-state index in [1.54, 1.807) is 0 Å². The van der Waals surface area contributed by atoms with E-state index in [-0.39, 0.29) is 11.9 Å². The zero-order valence-electron chi connectivity index (χ0n) is 9.62. The fraction of sp³-hybridized carbons (Fsp3) is 0.889. The molecule has 0 radical (unpaired) electrons. The summed E-state index contributed by atoms with van der Waals surface area (Å²) in [4.78, 5) is 11.6. The first-order valence-corrected chi connectivity index (χ1v) is 7.26. The minimum atomic E-state index is -3.34. The van der Waals surface area contributed by atoms with Gasteiger partial charge in [0.1, 0.15) is 0 Å². The van der Waals surface area contributed by atoms with E-state index in [1.165, 1.54) is 6.92 Å². The highest BCUT2D eigenvalue weighted by molar-refractivity contribution is 7.88. The molecule has 0 aromatic carbocycles. The van der Waals surface area contributed by atoms with Crippen LogP contribution in [0.15, 0.2) is 0 Å². The second-order valence-electron chi connectivity index (χ2n) is 4.16. The topological polar surface area (TPSA) is 87.3 Å². The van der Waals surface area contributed by atoms with Crippen LogP contribution in [0.25, 0.3) is 0 Å². The first kappa shape index (κ1) is 13.4. The van der Waals surface area contributed by atoms with Crippen molar-refractivity contribution in [3.8, 4) is 0 Å². The molecule has 16 heavy (non-hydrogen) atoms. The Morgan fingerprint density at radius 2 is 2.19 bits per heavy atom. The number of carbonyl (C=O) groups excluding carboxylic acids is 1. The van der Waals surface area contributed by atoms with Crippen molar-refractivity contribution in [2.75, 3.05) is 19.3 Å². The van der Waals surface area contributed by atoms with E-state index in [9.17, 15) is 13.2 Å². The van der Waals surface area contributed by atoms with Gasteiger partial charge in [0, 0.05) is 12.6 Å². The normalized spacial score (nSPS) is 23.8. The molecule has 0 saturated carbocycles. The highest BCUT2D eigenvalue weighted by atomic mass is 32.2. The van der Waals surface area contributed by atoms with Gasteiger partial charge in [-0.05, 0) is 26.3 Å². The monoisotopic (exact) mass is 249 g/mol. The van der Waals surface area contributed by atoms with Crippen molar-refractivity contribution in [1.29, 1.82) is 0 Å². The number of amides is 1. The van der Waals surface area contributed by atoms with Gasteiger partial charge in [-0.25, -0.2) is 13.1 Å². The summed E-state index contributed by atoms with van der Waals surface area (Å²) in [5.74, 6) is -0.279. The van der Waals surface area contributed by atoms with Gasteiger partial charge in [-0.15, -0.1) is 0 Å². The van der Waals surface area contributed by atoms with Crippen LogP contribution in [-0.4, -0.2) is 45.8 Å². The molecule has 1 aliphatic rings. The van der Waals surface area contributed by atoms with Gasteiger partial charge < -0.3 is 10.6 Å². The van der Waals surface area contributed by atoms with Gasteiger partial charge in [-0.2, -0.15) is 0 Å². The van der Waals surface area contributed by atoms with E-state index in [2.05, 4.69) is 15.4 Å². The van der Waals surface area contributed by atoms with Crippen LogP contribution in [0.2, 0.25) is 0 Å². The lowest BCUT2D eigenvalue weighted by Crippen LogP contribution is -2.51. The largest absolute Gasteiger partial charge is 0.351 e. The van der Waals surface area contributed by atoms with E-state index in [4.69, 9.17) is 0 Å². The second kappa shape index (κ2) is 5.60. The lowest BCUT2D eigenvalue weighted by Gasteiger charge is -2.25. The molecule has 2 atom stereocenters. The highest BCUT2D eigenvalue weighted by Crippen LogP contribution is 2.01. The van der Waals surface area contributed by atoms with Crippen molar-refractivity contribution >= 4 is 15.9 Å². The zero-order valence-corrected chi connectivity index (χ0v) is 10.4. The molecule has 1 unspecified atom stereocenters. The molecule has 0 aliphatic carbocycles. The van der Waals surface area contributed by atoms with Crippen LogP contribution in [0.5, 0.6) is 0 Å². The summed E-state index contributed by atoms with van der Waals surface area (Å²) in [5.41, 5.74) is 0. The first-order valence-electron chi connectivity index (χ1n) is 5.37. The Kier molecular flexibility index (Phi) is 4.69. The lowest BCUT2D eigenvalue weighted by atomic mass is 10.1. The van der Waals surface area contributed by atoms with Gasteiger partial charge in [0.05, 0.1) is 12.3 Å². The van der Waals surface area contributed by atoms with Gasteiger partial charge in [-0.3, -0.25) is 4.79 Å². The maximum absolute atomic E-state index is 11.6. The van der Waals surface area contributed by atoms with Crippen LogP contribution >= 0.6 is 0 Å². The number of piperidine rings is 1. The molecule has 0 aromatic heterocycles. The van der Waals surface area contributed by atoms with Gasteiger partial charge in [-0.1, -0.05) is 0 Å². The Labute approximate surface area is 96.2 Å². The Morgan fingerprint density at radius 1 is 1.50 bits per heavy atom. The number of nitrogens with one attached hydrogen (secondary N) is 3. The molecule has 0 bridgehead atoms. The summed E-state index contributed by atoms with van der Waals surface area (Å²) < 4.78 is 24.1.